The standard InChI is InChI=1S/C20H24N2O4/c1-14-17-13-20(26-3)19(25-2)12-16(17)9-11-21(14)10-8-15-6-4-5-7-18(15)22(23)24/h4-7,12-14H,8-11H2,1-3H3. The van der Waals surface area contributed by atoms with E-state index >= 15 is 0 Å². The van der Waals surface area contributed by atoms with Gasteiger partial charge >= 0.3 is 0 Å². The largest absolute Gasteiger partial charge is 0.493 e. The molecule has 0 saturated heterocycles. The van der Waals surface area contributed by atoms with Gasteiger partial charge in [0, 0.05) is 30.8 Å². The molecule has 0 fully saturated rings. The Morgan fingerprint density at radius 2 is 1.88 bits per heavy atom. The van der Waals surface area contributed by atoms with Gasteiger partial charge in [-0.2, -0.15) is 0 Å². The number of rotatable bonds is 6. The highest BCUT2D eigenvalue weighted by atomic mass is 16.6. The van der Waals surface area contributed by atoms with Crippen molar-refractivity contribution in [3.05, 3.63) is 63.2 Å². The van der Waals surface area contributed by atoms with Crippen molar-refractivity contribution in [3.8, 4) is 11.5 Å². The van der Waals surface area contributed by atoms with Gasteiger partial charge in [-0.25, -0.2) is 0 Å². The smallest absolute Gasteiger partial charge is 0.272 e. The Morgan fingerprint density at radius 3 is 2.58 bits per heavy atom. The van der Waals surface area contributed by atoms with Crippen LogP contribution in [0.4, 0.5) is 5.69 Å². The van der Waals surface area contributed by atoms with Crippen LogP contribution in [-0.4, -0.2) is 37.1 Å². The second-order valence-electron chi connectivity index (χ2n) is 6.50. The van der Waals surface area contributed by atoms with E-state index in [0.717, 1.165) is 36.6 Å². The van der Waals surface area contributed by atoms with Gasteiger partial charge in [0.1, 0.15) is 0 Å². The summed E-state index contributed by atoms with van der Waals surface area (Å²) in [6, 6.07) is 11.3. The van der Waals surface area contributed by atoms with Crippen LogP contribution < -0.4 is 9.47 Å². The molecule has 0 radical (unpaired) electrons. The van der Waals surface area contributed by atoms with E-state index in [4.69, 9.17) is 9.47 Å². The molecule has 6 heteroatoms. The Hall–Kier alpha value is -2.60. The van der Waals surface area contributed by atoms with Crippen LogP contribution in [-0.2, 0) is 12.8 Å². The van der Waals surface area contributed by atoms with E-state index in [9.17, 15) is 10.1 Å². The van der Waals surface area contributed by atoms with Crippen molar-refractivity contribution in [2.75, 3.05) is 27.3 Å². The van der Waals surface area contributed by atoms with Crippen LogP contribution in [0, 0.1) is 10.1 Å². The van der Waals surface area contributed by atoms with Crippen LogP contribution in [0.25, 0.3) is 0 Å². The number of nitrogens with zero attached hydrogens (tertiary/aromatic N) is 2. The minimum Gasteiger partial charge on any atom is -0.493 e. The molecule has 0 saturated carbocycles. The Labute approximate surface area is 153 Å². The molecule has 0 aromatic heterocycles. The number of nitro groups is 1. The third kappa shape index (κ3) is 3.51. The van der Waals surface area contributed by atoms with Crippen molar-refractivity contribution in [1.82, 2.24) is 4.90 Å². The van der Waals surface area contributed by atoms with Crippen LogP contribution in [0.15, 0.2) is 36.4 Å². The molecule has 2 aromatic carbocycles. The molecule has 2 aromatic rings. The average Bonchev–Trinajstić information content (AvgIpc) is 2.66. The number of benzene rings is 2. The summed E-state index contributed by atoms with van der Waals surface area (Å²) in [6.45, 7) is 3.87. The topological polar surface area (TPSA) is 64.8 Å². The molecule has 0 aliphatic carbocycles. The van der Waals surface area contributed by atoms with E-state index in [2.05, 4.69) is 24.0 Å². The highest BCUT2D eigenvalue weighted by Gasteiger charge is 2.26. The van der Waals surface area contributed by atoms with Crippen molar-refractivity contribution in [2.45, 2.75) is 25.8 Å². The van der Waals surface area contributed by atoms with Crippen molar-refractivity contribution in [1.29, 1.82) is 0 Å². The number of fused-ring (bicyclic) bond motifs is 1. The molecule has 1 unspecified atom stereocenters. The predicted molar refractivity (Wildman–Crippen MR) is 100 cm³/mol. The first kappa shape index (κ1) is 18.2. The van der Waals surface area contributed by atoms with Gasteiger partial charge in [-0.1, -0.05) is 18.2 Å². The first-order valence-electron chi connectivity index (χ1n) is 8.76. The molecule has 1 aliphatic heterocycles. The number of methoxy groups -OCH3 is 2. The lowest BCUT2D eigenvalue weighted by molar-refractivity contribution is -0.385. The Balaban J connectivity index is 1.77. The summed E-state index contributed by atoms with van der Waals surface area (Å²) in [5, 5.41) is 11.2. The Kier molecular flexibility index (Phi) is 5.42. The lowest BCUT2D eigenvalue weighted by atomic mass is 9.92. The molecular weight excluding hydrogens is 332 g/mol. The molecule has 0 bridgehead atoms. The minimum absolute atomic E-state index is 0.198. The number of hydrogen-bond acceptors (Lipinski definition) is 5. The van der Waals surface area contributed by atoms with E-state index in [1.54, 1.807) is 26.4 Å². The number of para-hydroxylation sites is 1. The zero-order valence-corrected chi connectivity index (χ0v) is 15.4. The number of hydrogen-bond donors (Lipinski definition) is 0. The lowest BCUT2D eigenvalue weighted by Gasteiger charge is -2.35. The summed E-state index contributed by atoms with van der Waals surface area (Å²) in [5.41, 5.74) is 3.49. The molecule has 1 aliphatic rings. The summed E-state index contributed by atoms with van der Waals surface area (Å²) in [6.07, 6.45) is 1.58. The van der Waals surface area contributed by atoms with E-state index in [1.165, 1.54) is 11.1 Å². The van der Waals surface area contributed by atoms with Gasteiger partial charge in [-0.3, -0.25) is 15.0 Å². The van der Waals surface area contributed by atoms with E-state index in [-0.39, 0.29) is 16.7 Å². The van der Waals surface area contributed by atoms with Crippen LogP contribution in [0.5, 0.6) is 11.5 Å². The average molecular weight is 356 g/mol. The third-order valence-corrected chi connectivity index (χ3v) is 5.17. The molecule has 0 N–H and O–H groups in total. The van der Waals surface area contributed by atoms with Gasteiger partial charge < -0.3 is 9.47 Å². The highest BCUT2D eigenvalue weighted by Crippen LogP contribution is 2.38. The van der Waals surface area contributed by atoms with E-state index in [0.29, 0.717) is 6.42 Å². The van der Waals surface area contributed by atoms with Crippen LogP contribution >= 0.6 is 0 Å². The summed E-state index contributed by atoms with van der Waals surface area (Å²) in [5.74, 6) is 1.49. The fraction of sp³-hybridized carbons (Fsp3) is 0.400. The van der Waals surface area contributed by atoms with Gasteiger partial charge in [-0.15, -0.1) is 0 Å². The quantitative estimate of drug-likeness (QED) is 0.582. The first-order chi connectivity index (χ1) is 12.5. The van der Waals surface area contributed by atoms with Gasteiger partial charge in [0.15, 0.2) is 11.5 Å². The van der Waals surface area contributed by atoms with Crippen molar-refractivity contribution >= 4 is 5.69 Å². The number of nitro benzene ring substituents is 1. The fourth-order valence-electron chi connectivity index (χ4n) is 3.67. The maximum Gasteiger partial charge on any atom is 0.272 e. The molecule has 1 heterocycles. The van der Waals surface area contributed by atoms with Crippen LogP contribution in [0.2, 0.25) is 0 Å². The molecule has 3 rings (SSSR count). The molecule has 26 heavy (non-hydrogen) atoms. The van der Waals surface area contributed by atoms with E-state index < -0.39 is 0 Å². The summed E-state index contributed by atoms with van der Waals surface area (Å²) < 4.78 is 10.8. The summed E-state index contributed by atoms with van der Waals surface area (Å²) in [4.78, 5) is 13.3. The first-order valence-corrected chi connectivity index (χ1v) is 8.76. The second-order valence-corrected chi connectivity index (χ2v) is 6.50. The van der Waals surface area contributed by atoms with Gasteiger partial charge in [0.25, 0.3) is 5.69 Å². The van der Waals surface area contributed by atoms with Crippen molar-refractivity contribution < 1.29 is 14.4 Å². The molecule has 0 spiro atoms. The summed E-state index contributed by atoms with van der Waals surface area (Å²) in [7, 11) is 3.29. The highest BCUT2D eigenvalue weighted by molar-refractivity contribution is 5.49. The molecule has 0 amide bonds. The fourth-order valence-corrected chi connectivity index (χ4v) is 3.67. The van der Waals surface area contributed by atoms with Crippen molar-refractivity contribution in [2.24, 2.45) is 0 Å². The molecule has 1 atom stereocenters. The monoisotopic (exact) mass is 356 g/mol. The van der Waals surface area contributed by atoms with Crippen molar-refractivity contribution in [3.63, 3.8) is 0 Å². The third-order valence-electron chi connectivity index (χ3n) is 5.17. The lowest BCUT2D eigenvalue weighted by Crippen LogP contribution is -2.35. The van der Waals surface area contributed by atoms with E-state index in [1.807, 2.05) is 12.1 Å². The minimum atomic E-state index is -0.304. The molecular formula is C20H24N2O4. The molecule has 138 valence electrons. The maximum absolute atomic E-state index is 11.2. The maximum atomic E-state index is 11.2. The van der Waals surface area contributed by atoms with Gasteiger partial charge in [0.2, 0.25) is 0 Å². The van der Waals surface area contributed by atoms with Crippen LogP contribution in [0.1, 0.15) is 29.7 Å². The van der Waals surface area contributed by atoms with Gasteiger partial charge in [-0.05, 0) is 43.0 Å². The Bertz CT molecular complexity index is 806. The predicted octanol–water partition coefficient (Wildman–Crippen LogP) is 3.77. The van der Waals surface area contributed by atoms with Crippen LogP contribution in [0.3, 0.4) is 0 Å². The zero-order chi connectivity index (χ0) is 18.7. The SMILES string of the molecule is COc1cc2c(cc1OC)C(C)N(CCc1ccccc1[N+](=O)[O-])CC2. The Morgan fingerprint density at radius 1 is 1.19 bits per heavy atom. The number of ether oxygens (including phenoxy) is 2. The molecule has 6 nitrogen and oxygen atoms in total. The summed E-state index contributed by atoms with van der Waals surface area (Å²) >= 11 is 0. The zero-order valence-electron chi connectivity index (χ0n) is 15.4. The second kappa shape index (κ2) is 7.74. The normalized spacial score (nSPS) is 16.8. The van der Waals surface area contributed by atoms with Gasteiger partial charge in [0.05, 0.1) is 19.1 Å².